The Morgan fingerprint density at radius 2 is 2.19 bits per heavy atom. The third kappa shape index (κ3) is 4.22. The minimum absolute atomic E-state index is 0.0340. The maximum atomic E-state index is 11.9. The summed E-state index contributed by atoms with van der Waals surface area (Å²) in [5, 5.41) is 3.02. The van der Waals surface area contributed by atoms with Crippen molar-refractivity contribution < 1.29 is 13.2 Å². The van der Waals surface area contributed by atoms with Crippen LogP contribution >= 0.6 is 0 Å². The van der Waals surface area contributed by atoms with E-state index in [4.69, 9.17) is 0 Å². The maximum Gasteiger partial charge on any atom is 0.389 e. The molecule has 0 fully saturated rings. The first kappa shape index (κ1) is 13.0. The van der Waals surface area contributed by atoms with Gasteiger partial charge in [-0.3, -0.25) is 0 Å². The summed E-state index contributed by atoms with van der Waals surface area (Å²) < 4.78 is 37.5. The summed E-state index contributed by atoms with van der Waals surface area (Å²) in [6, 6.07) is -0.0340. The van der Waals surface area contributed by atoms with Gasteiger partial charge >= 0.3 is 6.18 Å². The van der Waals surface area contributed by atoms with Crippen LogP contribution in [0, 0.1) is 0 Å². The number of aryl methyl sites for hydroxylation is 1. The Balaban J connectivity index is 2.26. The Bertz CT molecular complexity index is 319. The number of imidazole rings is 1. The van der Waals surface area contributed by atoms with Crippen molar-refractivity contribution in [1.29, 1.82) is 0 Å². The smallest absolute Gasteiger partial charge is 0.337 e. The van der Waals surface area contributed by atoms with Crippen LogP contribution in [0.5, 0.6) is 0 Å². The fourth-order valence-electron chi connectivity index (χ4n) is 1.49. The van der Waals surface area contributed by atoms with Crippen LogP contribution in [0.25, 0.3) is 0 Å². The molecule has 0 saturated heterocycles. The van der Waals surface area contributed by atoms with Crippen molar-refractivity contribution in [3.8, 4) is 0 Å². The molecule has 0 spiro atoms. The molecule has 0 amide bonds. The number of nitrogens with zero attached hydrogens (tertiary/aromatic N) is 2. The number of halogens is 3. The molecule has 1 atom stereocenters. The Kier molecular flexibility index (Phi) is 4.35. The van der Waals surface area contributed by atoms with Gasteiger partial charge in [-0.1, -0.05) is 0 Å². The molecular weight excluding hydrogens is 219 g/mol. The SMILES string of the molecule is CC(NCCCC(F)(F)F)c1nccn1C. The molecule has 0 aliphatic heterocycles. The molecule has 0 aromatic carbocycles. The fourth-order valence-corrected chi connectivity index (χ4v) is 1.49. The van der Waals surface area contributed by atoms with Gasteiger partial charge in [-0.2, -0.15) is 13.2 Å². The molecule has 1 aromatic rings. The van der Waals surface area contributed by atoms with E-state index in [2.05, 4.69) is 10.3 Å². The number of alkyl halides is 3. The minimum Gasteiger partial charge on any atom is -0.337 e. The molecule has 1 unspecified atom stereocenters. The first-order chi connectivity index (χ1) is 7.40. The molecule has 16 heavy (non-hydrogen) atoms. The molecule has 0 aliphatic rings. The fraction of sp³-hybridized carbons (Fsp3) is 0.700. The molecule has 1 N–H and O–H groups in total. The lowest BCUT2D eigenvalue weighted by atomic mass is 10.2. The van der Waals surface area contributed by atoms with Gasteiger partial charge in [-0.15, -0.1) is 0 Å². The lowest BCUT2D eigenvalue weighted by molar-refractivity contribution is -0.135. The Morgan fingerprint density at radius 1 is 1.50 bits per heavy atom. The number of hydrogen-bond donors (Lipinski definition) is 1. The Hall–Kier alpha value is -1.04. The summed E-state index contributed by atoms with van der Waals surface area (Å²) in [5.74, 6) is 0.826. The van der Waals surface area contributed by atoms with Crippen LogP contribution in [0.3, 0.4) is 0 Å². The Labute approximate surface area is 92.7 Å². The average molecular weight is 235 g/mol. The van der Waals surface area contributed by atoms with Crippen LogP contribution in [0.1, 0.15) is 31.6 Å². The van der Waals surface area contributed by atoms with Crippen molar-refractivity contribution in [2.45, 2.75) is 32.0 Å². The van der Waals surface area contributed by atoms with Gasteiger partial charge in [0.05, 0.1) is 6.04 Å². The van der Waals surface area contributed by atoms with Gasteiger partial charge in [0.15, 0.2) is 0 Å². The number of nitrogens with one attached hydrogen (secondary N) is 1. The zero-order chi connectivity index (χ0) is 12.2. The molecule has 0 aliphatic carbocycles. The third-order valence-corrected chi connectivity index (χ3v) is 2.33. The van der Waals surface area contributed by atoms with Crippen molar-refractivity contribution in [2.24, 2.45) is 7.05 Å². The largest absolute Gasteiger partial charge is 0.389 e. The molecule has 0 radical (unpaired) electrons. The molecule has 3 nitrogen and oxygen atoms in total. The lowest BCUT2D eigenvalue weighted by Gasteiger charge is -2.14. The quantitative estimate of drug-likeness (QED) is 0.794. The van der Waals surface area contributed by atoms with E-state index >= 15 is 0 Å². The Morgan fingerprint density at radius 3 is 2.69 bits per heavy atom. The van der Waals surface area contributed by atoms with Crippen molar-refractivity contribution >= 4 is 0 Å². The summed E-state index contributed by atoms with van der Waals surface area (Å²) in [6.07, 6.45) is -1.23. The summed E-state index contributed by atoms with van der Waals surface area (Å²) in [5.41, 5.74) is 0. The van der Waals surface area contributed by atoms with Gasteiger partial charge in [0.2, 0.25) is 0 Å². The van der Waals surface area contributed by atoms with E-state index in [0.29, 0.717) is 6.54 Å². The molecule has 0 saturated carbocycles. The first-order valence-electron chi connectivity index (χ1n) is 5.17. The molecule has 92 valence electrons. The topological polar surface area (TPSA) is 29.9 Å². The van der Waals surface area contributed by atoms with Gasteiger partial charge in [0.25, 0.3) is 0 Å². The van der Waals surface area contributed by atoms with Crippen LogP contribution in [0.4, 0.5) is 13.2 Å². The maximum absolute atomic E-state index is 11.9. The highest BCUT2D eigenvalue weighted by molar-refractivity contribution is 4.96. The number of aromatic nitrogens is 2. The highest BCUT2D eigenvalue weighted by atomic mass is 19.4. The van der Waals surface area contributed by atoms with E-state index in [1.54, 1.807) is 6.20 Å². The van der Waals surface area contributed by atoms with Crippen LogP contribution in [0.15, 0.2) is 12.4 Å². The number of hydrogen-bond acceptors (Lipinski definition) is 2. The van der Waals surface area contributed by atoms with Gasteiger partial charge in [0.1, 0.15) is 5.82 Å². The van der Waals surface area contributed by atoms with E-state index in [9.17, 15) is 13.2 Å². The van der Waals surface area contributed by atoms with E-state index < -0.39 is 12.6 Å². The standard InChI is InChI=1S/C10H16F3N3/c1-8(9-15-6-7-16(9)2)14-5-3-4-10(11,12)13/h6-8,14H,3-5H2,1-2H3. The predicted molar refractivity (Wildman–Crippen MR) is 54.9 cm³/mol. The third-order valence-electron chi connectivity index (χ3n) is 2.33. The molecular formula is C10H16F3N3. The van der Waals surface area contributed by atoms with Gasteiger partial charge < -0.3 is 9.88 Å². The minimum atomic E-state index is -4.06. The van der Waals surface area contributed by atoms with Gasteiger partial charge in [-0.05, 0) is 19.9 Å². The monoisotopic (exact) mass is 235 g/mol. The number of rotatable bonds is 5. The molecule has 6 heteroatoms. The highest BCUT2D eigenvalue weighted by Gasteiger charge is 2.26. The van der Waals surface area contributed by atoms with Crippen LogP contribution in [-0.4, -0.2) is 22.3 Å². The summed E-state index contributed by atoms with van der Waals surface area (Å²) >= 11 is 0. The van der Waals surface area contributed by atoms with Gasteiger partial charge in [-0.25, -0.2) is 4.98 Å². The van der Waals surface area contributed by atoms with Gasteiger partial charge in [0, 0.05) is 25.9 Å². The summed E-state index contributed by atoms with van der Waals surface area (Å²) in [4.78, 5) is 4.12. The normalized spacial score (nSPS) is 14.1. The second-order valence-corrected chi connectivity index (χ2v) is 3.79. The van der Waals surface area contributed by atoms with Crippen LogP contribution in [0.2, 0.25) is 0 Å². The van der Waals surface area contributed by atoms with E-state index in [0.717, 1.165) is 5.82 Å². The second kappa shape index (κ2) is 5.34. The predicted octanol–water partition coefficient (Wildman–Crippen LogP) is 2.41. The second-order valence-electron chi connectivity index (χ2n) is 3.79. The van der Waals surface area contributed by atoms with E-state index in [-0.39, 0.29) is 12.5 Å². The summed E-state index contributed by atoms with van der Waals surface area (Å²) in [7, 11) is 1.86. The van der Waals surface area contributed by atoms with Crippen molar-refractivity contribution in [3.63, 3.8) is 0 Å². The van der Waals surface area contributed by atoms with E-state index in [1.807, 2.05) is 24.7 Å². The van der Waals surface area contributed by atoms with E-state index in [1.165, 1.54) is 0 Å². The van der Waals surface area contributed by atoms with Crippen LogP contribution in [-0.2, 0) is 7.05 Å². The molecule has 0 bridgehead atoms. The highest BCUT2D eigenvalue weighted by Crippen LogP contribution is 2.21. The first-order valence-corrected chi connectivity index (χ1v) is 5.17. The molecule has 1 aromatic heterocycles. The summed E-state index contributed by atoms with van der Waals surface area (Å²) in [6.45, 7) is 2.23. The molecule has 1 rings (SSSR count). The van der Waals surface area contributed by atoms with Crippen molar-refractivity contribution in [1.82, 2.24) is 14.9 Å². The van der Waals surface area contributed by atoms with Crippen LogP contribution < -0.4 is 5.32 Å². The van der Waals surface area contributed by atoms with Crippen molar-refractivity contribution in [3.05, 3.63) is 18.2 Å². The lowest BCUT2D eigenvalue weighted by Crippen LogP contribution is -2.23. The zero-order valence-electron chi connectivity index (χ0n) is 9.38. The van der Waals surface area contributed by atoms with Crippen molar-refractivity contribution in [2.75, 3.05) is 6.54 Å². The average Bonchev–Trinajstić information content (AvgIpc) is 2.57. The zero-order valence-corrected chi connectivity index (χ0v) is 9.38. The molecule has 1 heterocycles.